The Hall–Kier alpha value is -0.900. The lowest BCUT2D eigenvalue weighted by atomic mass is 9.80. The van der Waals surface area contributed by atoms with E-state index in [-0.39, 0.29) is 5.66 Å². The van der Waals surface area contributed by atoms with Gasteiger partial charge in [-0.1, -0.05) is 31.5 Å². The SMILES string of the molecule is CCCc1ccc2c(c1)C(N)(N1CCNCC1)CCC2. The molecule has 0 bridgehead atoms. The predicted molar refractivity (Wildman–Crippen MR) is 83.7 cm³/mol. The van der Waals surface area contributed by atoms with Gasteiger partial charge in [-0.25, -0.2) is 0 Å². The number of nitrogens with two attached hydrogens (primary N) is 1. The summed E-state index contributed by atoms with van der Waals surface area (Å²) in [5, 5.41) is 3.43. The molecule has 2 aliphatic rings. The van der Waals surface area contributed by atoms with Gasteiger partial charge in [0.15, 0.2) is 0 Å². The van der Waals surface area contributed by atoms with Gasteiger partial charge in [-0.2, -0.15) is 0 Å². The molecule has 3 rings (SSSR count). The number of hydrogen-bond acceptors (Lipinski definition) is 3. The summed E-state index contributed by atoms with van der Waals surface area (Å²) in [4.78, 5) is 2.50. The van der Waals surface area contributed by atoms with Gasteiger partial charge in [-0.3, -0.25) is 4.90 Å². The first-order valence-electron chi connectivity index (χ1n) is 8.11. The third kappa shape index (κ3) is 2.50. The fraction of sp³-hybridized carbons (Fsp3) is 0.647. The Morgan fingerprint density at radius 3 is 2.85 bits per heavy atom. The lowest BCUT2D eigenvalue weighted by Gasteiger charge is -2.46. The summed E-state index contributed by atoms with van der Waals surface area (Å²) >= 11 is 0. The van der Waals surface area contributed by atoms with Crippen LogP contribution in [0.25, 0.3) is 0 Å². The number of rotatable bonds is 3. The van der Waals surface area contributed by atoms with Crippen LogP contribution in [0.3, 0.4) is 0 Å². The molecule has 1 unspecified atom stereocenters. The van der Waals surface area contributed by atoms with Crippen LogP contribution in [0.2, 0.25) is 0 Å². The van der Waals surface area contributed by atoms with Gasteiger partial charge in [0.2, 0.25) is 0 Å². The number of fused-ring (bicyclic) bond motifs is 1. The van der Waals surface area contributed by atoms with Gasteiger partial charge in [0.05, 0.1) is 5.66 Å². The summed E-state index contributed by atoms with van der Waals surface area (Å²) in [7, 11) is 0. The molecule has 0 radical (unpaired) electrons. The van der Waals surface area contributed by atoms with E-state index in [1.807, 2.05) is 0 Å². The van der Waals surface area contributed by atoms with Gasteiger partial charge in [0.25, 0.3) is 0 Å². The standard InChI is InChI=1S/C17H27N3/c1-2-4-14-6-7-15-5-3-8-17(18,16(15)13-14)20-11-9-19-10-12-20/h6-7,13,19H,2-5,8-12,18H2,1H3. The minimum Gasteiger partial charge on any atom is -0.314 e. The van der Waals surface area contributed by atoms with Crippen LogP contribution in [-0.2, 0) is 18.5 Å². The zero-order valence-corrected chi connectivity index (χ0v) is 12.6. The van der Waals surface area contributed by atoms with Crippen LogP contribution in [0.5, 0.6) is 0 Å². The molecule has 1 atom stereocenters. The molecule has 110 valence electrons. The Morgan fingerprint density at radius 2 is 2.10 bits per heavy atom. The van der Waals surface area contributed by atoms with Crippen LogP contribution < -0.4 is 11.1 Å². The van der Waals surface area contributed by atoms with Crippen molar-refractivity contribution in [3.63, 3.8) is 0 Å². The molecule has 1 fully saturated rings. The molecular weight excluding hydrogens is 246 g/mol. The molecule has 1 heterocycles. The van der Waals surface area contributed by atoms with Gasteiger partial charge in [-0.15, -0.1) is 0 Å². The van der Waals surface area contributed by atoms with Crippen LogP contribution in [0.4, 0.5) is 0 Å². The Balaban J connectivity index is 1.95. The molecule has 0 amide bonds. The Bertz CT molecular complexity index is 465. The number of nitrogens with zero attached hydrogens (tertiary/aromatic N) is 1. The van der Waals surface area contributed by atoms with E-state index in [9.17, 15) is 0 Å². The quantitative estimate of drug-likeness (QED) is 0.885. The first-order valence-corrected chi connectivity index (χ1v) is 8.11. The van der Waals surface area contributed by atoms with Crippen molar-refractivity contribution in [2.45, 2.75) is 44.7 Å². The predicted octanol–water partition coefficient (Wildman–Crippen LogP) is 1.99. The molecule has 0 spiro atoms. The third-order valence-electron chi connectivity index (χ3n) is 4.86. The molecule has 1 aliphatic carbocycles. The highest BCUT2D eigenvalue weighted by Crippen LogP contribution is 2.37. The van der Waals surface area contributed by atoms with E-state index < -0.39 is 0 Å². The molecule has 1 aromatic carbocycles. The molecule has 1 aliphatic heterocycles. The van der Waals surface area contributed by atoms with Crippen molar-refractivity contribution in [3.05, 3.63) is 34.9 Å². The lowest BCUT2D eigenvalue weighted by Crippen LogP contribution is -2.60. The Labute approximate surface area is 122 Å². The Kier molecular flexibility index (Phi) is 4.11. The summed E-state index contributed by atoms with van der Waals surface area (Å²) in [6.07, 6.45) is 5.85. The summed E-state index contributed by atoms with van der Waals surface area (Å²) < 4.78 is 0. The van der Waals surface area contributed by atoms with Crippen molar-refractivity contribution in [2.24, 2.45) is 5.73 Å². The number of hydrogen-bond donors (Lipinski definition) is 2. The van der Waals surface area contributed by atoms with Crippen molar-refractivity contribution in [1.29, 1.82) is 0 Å². The first kappa shape index (κ1) is 14.1. The van der Waals surface area contributed by atoms with Crippen LogP contribution >= 0.6 is 0 Å². The monoisotopic (exact) mass is 273 g/mol. The van der Waals surface area contributed by atoms with Gasteiger partial charge >= 0.3 is 0 Å². The molecule has 1 aromatic rings. The van der Waals surface area contributed by atoms with Gasteiger partial charge in [0, 0.05) is 26.2 Å². The van der Waals surface area contributed by atoms with Crippen molar-refractivity contribution in [1.82, 2.24) is 10.2 Å². The highest BCUT2D eigenvalue weighted by molar-refractivity contribution is 5.39. The highest BCUT2D eigenvalue weighted by Gasteiger charge is 2.38. The van der Waals surface area contributed by atoms with E-state index in [4.69, 9.17) is 5.73 Å². The number of nitrogens with one attached hydrogen (secondary N) is 1. The summed E-state index contributed by atoms with van der Waals surface area (Å²) in [5.41, 5.74) is 11.0. The van der Waals surface area contributed by atoms with Crippen LogP contribution in [0, 0.1) is 0 Å². The summed E-state index contributed by atoms with van der Waals surface area (Å²) in [5.74, 6) is 0. The maximum Gasteiger partial charge on any atom is 0.0953 e. The minimum absolute atomic E-state index is 0.237. The van der Waals surface area contributed by atoms with Gasteiger partial charge in [-0.05, 0) is 42.4 Å². The van der Waals surface area contributed by atoms with E-state index in [1.54, 1.807) is 0 Å². The zero-order chi connectivity index (χ0) is 14.0. The van der Waals surface area contributed by atoms with Crippen molar-refractivity contribution in [2.75, 3.05) is 26.2 Å². The average molecular weight is 273 g/mol. The molecule has 3 N–H and O–H groups in total. The van der Waals surface area contributed by atoms with E-state index in [2.05, 4.69) is 35.3 Å². The largest absolute Gasteiger partial charge is 0.314 e. The summed E-state index contributed by atoms with van der Waals surface area (Å²) in [6, 6.07) is 7.01. The minimum atomic E-state index is -0.237. The third-order valence-corrected chi connectivity index (χ3v) is 4.86. The maximum atomic E-state index is 6.91. The molecule has 0 aromatic heterocycles. The van der Waals surface area contributed by atoms with E-state index in [0.29, 0.717) is 0 Å². The molecule has 3 heteroatoms. The van der Waals surface area contributed by atoms with Crippen molar-refractivity contribution in [3.8, 4) is 0 Å². The van der Waals surface area contributed by atoms with Gasteiger partial charge < -0.3 is 11.1 Å². The molecule has 0 saturated carbocycles. The van der Waals surface area contributed by atoms with E-state index in [1.165, 1.54) is 36.0 Å². The topological polar surface area (TPSA) is 41.3 Å². The van der Waals surface area contributed by atoms with Crippen molar-refractivity contribution >= 4 is 0 Å². The van der Waals surface area contributed by atoms with Gasteiger partial charge in [0.1, 0.15) is 0 Å². The first-order chi connectivity index (χ1) is 9.74. The second kappa shape index (κ2) is 5.84. The second-order valence-corrected chi connectivity index (χ2v) is 6.26. The number of benzene rings is 1. The van der Waals surface area contributed by atoms with E-state index >= 15 is 0 Å². The highest BCUT2D eigenvalue weighted by atomic mass is 15.3. The van der Waals surface area contributed by atoms with Crippen LogP contribution in [-0.4, -0.2) is 31.1 Å². The molecular formula is C17H27N3. The Morgan fingerprint density at radius 1 is 1.30 bits per heavy atom. The summed E-state index contributed by atoms with van der Waals surface area (Å²) in [6.45, 7) is 6.49. The van der Waals surface area contributed by atoms with E-state index in [0.717, 1.165) is 39.0 Å². The zero-order valence-electron chi connectivity index (χ0n) is 12.6. The van der Waals surface area contributed by atoms with Crippen molar-refractivity contribution < 1.29 is 0 Å². The molecule has 20 heavy (non-hydrogen) atoms. The second-order valence-electron chi connectivity index (χ2n) is 6.26. The van der Waals surface area contributed by atoms with Crippen LogP contribution in [0.1, 0.15) is 42.9 Å². The molecule has 1 saturated heterocycles. The lowest BCUT2D eigenvalue weighted by molar-refractivity contribution is 0.0594. The fourth-order valence-corrected chi connectivity index (χ4v) is 3.76. The number of piperazine rings is 1. The smallest absolute Gasteiger partial charge is 0.0953 e. The van der Waals surface area contributed by atoms with Crippen LogP contribution in [0.15, 0.2) is 18.2 Å². The maximum absolute atomic E-state index is 6.91. The average Bonchev–Trinajstić information content (AvgIpc) is 2.49. The number of aryl methyl sites for hydroxylation is 2. The molecule has 3 nitrogen and oxygen atoms in total. The normalized spacial score (nSPS) is 27.3. The fourth-order valence-electron chi connectivity index (χ4n) is 3.76.